The molecule has 0 bridgehead atoms. The first-order chi connectivity index (χ1) is 12.2. The predicted molar refractivity (Wildman–Crippen MR) is 119 cm³/mol. The predicted octanol–water partition coefficient (Wildman–Crippen LogP) is 2.90. The van der Waals surface area contributed by atoms with E-state index < -0.39 is 0 Å². The van der Waals surface area contributed by atoms with Gasteiger partial charge in [0.15, 0.2) is 5.96 Å². The van der Waals surface area contributed by atoms with E-state index in [1.165, 1.54) is 0 Å². The van der Waals surface area contributed by atoms with Crippen LogP contribution >= 0.6 is 24.0 Å². The molecule has 0 saturated carbocycles. The molecule has 26 heavy (non-hydrogen) atoms. The molecule has 0 saturated heterocycles. The van der Waals surface area contributed by atoms with Crippen LogP contribution in [-0.4, -0.2) is 44.7 Å². The van der Waals surface area contributed by atoms with Gasteiger partial charge in [0.2, 0.25) is 0 Å². The Morgan fingerprint density at radius 3 is 2.62 bits per heavy atom. The number of nitrogens with one attached hydrogen (secondary N) is 2. The number of nitrogens with zero attached hydrogens (tertiary/aromatic N) is 3. The first-order valence-electron chi connectivity index (χ1n) is 8.51. The normalized spacial score (nSPS) is 10.7. The quantitative estimate of drug-likeness (QED) is 0.270. The second-order valence-electron chi connectivity index (χ2n) is 5.70. The van der Waals surface area contributed by atoms with Crippen molar-refractivity contribution in [3.63, 3.8) is 0 Å². The third-order valence-corrected chi connectivity index (χ3v) is 3.44. The standard InChI is InChI=1S/C19H27N5O.HI/c1-4-20-19(22-12-13-25-17-8-6-5-7-9-17)23-15-16-10-11-21-18(14-16)24(2)3;/h5-11,14H,4,12-13,15H2,1-3H3,(H2,20,22,23);1H. The summed E-state index contributed by atoms with van der Waals surface area (Å²) in [6, 6.07) is 13.8. The summed E-state index contributed by atoms with van der Waals surface area (Å²) >= 11 is 0. The van der Waals surface area contributed by atoms with E-state index in [4.69, 9.17) is 4.74 Å². The van der Waals surface area contributed by atoms with Crippen molar-refractivity contribution in [3.05, 3.63) is 54.2 Å². The Morgan fingerprint density at radius 2 is 1.92 bits per heavy atom. The first kappa shape index (κ1) is 22.0. The van der Waals surface area contributed by atoms with Crippen molar-refractivity contribution in [1.82, 2.24) is 15.6 Å². The van der Waals surface area contributed by atoms with E-state index in [1.807, 2.05) is 74.6 Å². The molecular weight excluding hydrogens is 441 g/mol. The monoisotopic (exact) mass is 469 g/mol. The molecule has 0 aliphatic rings. The minimum atomic E-state index is 0. The third kappa shape index (κ3) is 7.90. The van der Waals surface area contributed by atoms with Crippen LogP contribution in [0.4, 0.5) is 5.82 Å². The molecular formula is C19H28IN5O. The largest absolute Gasteiger partial charge is 0.492 e. The van der Waals surface area contributed by atoms with Crippen LogP contribution in [0.5, 0.6) is 5.75 Å². The van der Waals surface area contributed by atoms with Crippen LogP contribution in [0.2, 0.25) is 0 Å². The lowest BCUT2D eigenvalue weighted by Gasteiger charge is -2.13. The second kappa shape index (κ2) is 12.3. The number of halogens is 1. The summed E-state index contributed by atoms with van der Waals surface area (Å²) in [4.78, 5) is 10.9. The molecule has 0 amide bonds. The van der Waals surface area contributed by atoms with Crippen molar-refractivity contribution in [2.75, 3.05) is 38.7 Å². The molecule has 0 aliphatic carbocycles. The van der Waals surface area contributed by atoms with Crippen molar-refractivity contribution >= 4 is 35.8 Å². The summed E-state index contributed by atoms with van der Waals surface area (Å²) < 4.78 is 5.68. The summed E-state index contributed by atoms with van der Waals surface area (Å²) in [5.74, 6) is 2.59. The smallest absolute Gasteiger partial charge is 0.191 e. The molecule has 0 unspecified atom stereocenters. The lowest BCUT2D eigenvalue weighted by molar-refractivity contribution is 0.322. The fraction of sp³-hybridized carbons (Fsp3) is 0.368. The minimum absolute atomic E-state index is 0. The van der Waals surface area contributed by atoms with E-state index in [-0.39, 0.29) is 24.0 Å². The molecule has 1 heterocycles. The fourth-order valence-corrected chi connectivity index (χ4v) is 2.17. The van der Waals surface area contributed by atoms with Crippen LogP contribution in [0.3, 0.4) is 0 Å². The third-order valence-electron chi connectivity index (χ3n) is 3.44. The SMILES string of the molecule is CCNC(=NCc1ccnc(N(C)C)c1)NCCOc1ccccc1.I. The van der Waals surface area contributed by atoms with Crippen LogP contribution in [-0.2, 0) is 6.54 Å². The lowest BCUT2D eigenvalue weighted by Crippen LogP contribution is -2.39. The highest BCUT2D eigenvalue weighted by molar-refractivity contribution is 14.0. The maximum absolute atomic E-state index is 5.68. The van der Waals surface area contributed by atoms with Crippen molar-refractivity contribution in [1.29, 1.82) is 0 Å². The summed E-state index contributed by atoms with van der Waals surface area (Å²) in [5, 5.41) is 6.53. The Kier molecular flexibility index (Phi) is 10.5. The van der Waals surface area contributed by atoms with Gasteiger partial charge in [-0.25, -0.2) is 9.98 Å². The summed E-state index contributed by atoms with van der Waals surface area (Å²) in [6.07, 6.45) is 1.81. The number of hydrogen-bond acceptors (Lipinski definition) is 4. The molecule has 0 radical (unpaired) electrons. The van der Waals surface area contributed by atoms with Crippen molar-refractivity contribution < 1.29 is 4.74 Å². The van der Waals surface area contributed by atoms with E-state index >= 15 is 0 Å². The Balaban J connectivity index is 0.00000338. The van der Waals surface area contributed by atoms with E-state index in [0.717, 1.165) is 29.6 Å². The Morgan fingerprint density at radius 1 is 1.15 bits per heavy atom. The average Bonchev–Trinajstić information content (AvgIpc) is 2.64. The zero-order valence-corrected chi connectivity index (χ0v) is 17.9. The van der Waals surface area contributed by atoms with Gasteiger partial charge in [-0.3, -0.25) is 0 Å². The first-order valence-corrected chi connectivity index (χ1v) is 8.51. The van der Waals surface area contributed by atoms with Gasteiger partial charge in [0.25, 0.3) is 0 Å². The number of pyridine rings is 1. The second-order valence-corrected chi connectivity index (χ2v) is 5.70. The van der Waals surface area contributed by atoms with Gasteiger partial charge in [-0.1, -0.05) is 18.2 Å². The van der Waals surface area contributed by atoms with Gasteiger partial charge in [0.1, 0.15) is 18.2 Å². The number of benzene rings is 1. The average molecular weight is 469 g/mol. The molecule has 2 aromatic rings. The molecule has 1 aromatic carbocycles. The molecule has 6 nitrogen and oxygen atoms in total. The maximum Gasteiger partial charge on any atom is 0.191 e. The van der Waals surface area contributed by atoms with E-state index in [2.05, 4.69) is 20.6 Å². The van der Waals surface area contributed by atoms with Crippen molar-refractivity contribution in [2.24, 2.45) is 4.99 Å². The number of aliphatic imine (C=N–C) groups is 1. The summed E-state index contributed by atoms with van der Waals surface area (Å²) in [6.45, 7) is 4.71. The Bertz CT molecular complexity index is 664. The van der Waals surface area contributed by atoms with Gasteiger partial charge in [-0.2, -0.15) is 0 Å². The Hall–Kier alpha value is -2.03. The number of aromatic nitrogens is 1. The molecule has 0 aliphatic heterocycles. The summed E-state index contributed by atoms with van der Waals surface area (Å²) in [5.41, 5.74) is 1.12. The number of para-hydroxylation sites is 1. The van der Waals surface area contributed by atoms with Crippen LogP contribution in [0.25, 0.3) is 0 Å². The van der Waals surface area contributed by atoms with Crippen LogP contribution < -0.4 is 20.3 Å². The number of anilines is 1. The van der Waals surface area contributed by atoms with Gasteiger partial charge in [-0.15, -0.1) is 24.0 Å². The van der Waals surface area contributed by atoms with Gasteiger partial charge in [0.05, 0.1) is 13.1 Å². The molecule has 7 heteroatoms. The van der Waals surface area contributed by atoms with E-state index in [0.29, 0.717) is 19.7 Å². The highest BCUT2D eigenvalue weighted by Crippen LogP contribution is 2.10. The molecule has 142 valence electrons. The highest BCUT2D eigenvalue weighted by Gasteiger charge is 2.01. The van der Waals surface area contributed by atoms with Crippen LogP contribution in [0, 0.1) is 0 Å². The molecule has 0 spiro atoms. The Labute approximate surface area is 173 Å². The fourth-order valence-electron chi connectivity index (χ4n) is 2.17. The highest BCUT2D eigenvalue weighted by atomic mass is 127. The molecule has 2 N–H and O–H groups in total. The van der Waals surface area contributed by atoms with Gasteiger partial charge >= 0.3 is 0 Å². The van der Waals surface area contributed by atoms with Crippen LogP contribution in [0.15, 0.2) is 53.7 Å². The molecule has 1 aromatic heterocycles. The zero-order valence-electron chi connectivity index (χ0n) is 15.6. The zero-order chi connectivity index (χ0) is 17.9. The van der Waals surface area contributed by atoms with Gasteiger partial charge < -0.3 is 20.3 Å². The topological polar surface area (TPSA) is 61.8 Å². The van der Waals surface area contributed by atoms with Gasteiger partial charge in [-0.05, 0) is 36.8 Å². The number of rotatable bonds is 8. The minimum Gasteiger partial charge on any atom is -0.492 e. The van der Waals surface area contributed by atoms with E-state index in [1.54, 1.807) is 0 Å². The molecule has 0 fully saturated rings. The number of hydrogen-bond donors (Lipinski definition) is 2. The molecule has 0 atom stereocenters. The number of guanidine groups is 1. The summed E-state index contributed by atoms with van der Waals surface area (Å²) in [7, 11) is 3.96. The van der Waals surface area contributed by atoms with Crippen molar-refractivity contribution in [2.45, 2.75) is 13.5 Å². The lowest BCUT2D eigenvalue weighted by atomic mass is 10.2. The van der Waals surface area contributed by atoms with Gasteiger partial charge in [0, 0.05) is 26.8 Å². The maximum atomic E-state index is 5.68. The number of ether oxygens (including phenoxy) is 1. The van der Waals surface area contributed by atoms with Crippen molar-refractivity contribution in [3.8, 4) is 5.75 Å². The van der Waals surface area contributed by atoms with Crippen LogP contribution in [0.1, 0.15) is 12.5 Å². The molecule has 2 rings (SSSR count). The van der Waals surface area contributed by atoms with E-state index in [9.17, 15) is 0 Å².